The molecule has 0 saturated heterocycles. The predicted octanol–water partition coefficient (Wildman–Crippen LogP) is 9.94. The SMILES string of the molecule is CCCCC1CCC(CCC2CCC3CC(c4cc(F)c(OC(F)(F)F)c(F)c4)CCC3C2)CC1. The second-order valence-corrected chi connectivity index (χ2v) is 11.7. The van der Waals surface area contributed by atoms with E-state index in [1.165, 1.54) is 70.6 Å². The molecule has 198 valence electrons. The molecule has 6 heteroatoms. The van der Waals surface area contributed by atoms with Crippen molar-refractivity contribution in [1.82, 2.24) is 0 Å². The Bertz CT molecular complexity index is 791. The number of hydrogen-bond acceptors (Lipinski definition) is 1. The molecule has 3 saturated carbocycles. The van der Waals surface area contributed by atoms with Gasteiger partial charge in [-0.2, -0.15) is 0 Å². The average Bonchev–Trinajstić information content (AvgIpc) is 2.83. The molecular formula is C29H41F5O. The van der Waals surface area contributed by atoms with Crippen LogP contribution in [0.3, 0.4) is 0 Å². The van der Waals surface area contributed by atoms with Gasteiger partial charge in [-0.1, -0.05) is 71.1 Å². The Labute approximate surface area is 207 Å². The fourth-order valence-corrected chi connectivity index (χ4v) is 7.35. The molecule has 4 rings (SSSR count). The van der Waals surface area contributed by atoms with Gasteiger partial charge in [0.1, 0.15) is 0 Å². The zero-order valence-corrected chi connectivity index (χ0v) is 21.0. The van der Waals surface area contributed by atoms with Gasteiger partial charge in [-0.3, -0.25) is 0 Å². The van der Waals surface area contributed by atoms with E-state index < -0.39 is 23.7 Å². The Morgan fingerprint density at radius 1 is 0.743 bits per heavy atom. The van der Waals surface area contributed by atoms with Crippen molar-refractivity contribution in [3.63, 3.8) is 0 Å². The van der Waals surface area contributed by atoms with Crippen LogP contribution < -0.4 is 4.74 Å². The summed E-state index contributed by atoms with van der Waals surface area (Å²) < 4.78 is 69.3. The summed E-state index contributed by atoms with van der Waals surface area (Å²) in [6, 6.07) is 2.08. The Hall–Kier alpha value is -1.33. The van der Waals surface area contributed by atoms with Crippen LogP contribution in [-0.4, -0.2) is 6.36 Å². The zero-order valence-electron chi connectivity index (χ0n) is 21.0. The number of hydrogen-bond donors (Lipinski definition) is 0. The molecule has 3 aliphatic rings. The van der Waals surface area contributed by atoms with Gasteiger partial charge in [-0.25, -0.2) is 8.78 Å². The van der Waals surface area contributed by atoms with Crippen molar-refractivity contribution in [3.8, 4) is 5.75 Å². The lowest BCUT2D eigenvalue weighted by Crippen LogP contribution is -2.31. The third-order valence-electron chi connectivity index (χ3n) is 9.35. The molecule has 4 atom stereocenters. The molecule has 1 nitrogen and oxygen atoms in total. The van der Waals surface area contributed by atoms with E-state index in [0.717, 1.165) is 55.6 Å². The molecule has 0 aromatic heterocycles. The lowest BCUT2D eigenvalue weighted by Gasteiger charge is -2.43. The smallest absolute Gasteiger partial charge is 0.399 e. The highest BCUT2D eigenvalue weighted by atomic mass is 19.4. The summed E-state index contributed by atoms with van der Waals surface area (Å²) in [5.74, 6) is 0.00466. The van der Waals surface area contributed by atoms with E-state index in [0.29, 0.717) is 17.4 Å². The molecule has 0 N–H and O–H groups in total. The van der Waals surface area contributed by atoms with Crippen molar-refractivity contribution in [2.75, 3.05) is 0 Å². The molecule has 4 unspecified atom stereocenters. The van der Waals surface area contributed by atoms with Crippen LogP contribution in [0.4, 0.5) is 22.0 Å². The maximum Gasteiger partial charge on any atom is 0.573 e. The molecule has 3 fully saturated rings. The van der Waals surface area contributed by atoms with Crippen LogP contribution in [0.25, 0.3) is 0 Å². The monoisotopic (exact) mass is 500 g/mol. The minimum Gasteiger partial charge on any atom is -0.399 e. The minimum atomic E-state index is -5.12. The van der Waals surface area contributed by atoms with Crippen LogP contribution >= 0.6 is 0 Å². The van der Waals surface area contributed by atoms with Crippen molar-refractivity contribution in [2.45, 2.75) is 116 Å². The Morgan fingerprint density at radius 2 is 1.29 bits per heavy atom. The largest absolute Gasteiger partial charge is 0.573 e. The molecule has 0 bridgehead atoms. The van der Waals surface area contributed by atoms with Gasteiger partial charge in [0.05, 0.1) is 0 Å². The number of benzene rings is 1. The van der Waals surface area contributed by atoms with Gasteiger partial charge in [-0.15, -0.1) is 13.2 Å². The second-order valence-electron chi connectivity index (χ2n) is 11.7. The molecular weight excluding hydrogens is 459 g/mol. The van der Waals surface area contributed by atoms with Crippen LogP contribution in [0, 0.1) is 41.2 Å². The molecule has 1 aromatic rings. The van der Waals surface area contributed by atoms with Gasteiger partial charge < -0.3 is 4.74 Å². The number of rotatable bonds is 8. The fraction of sp³-hybridized carbons (Fsp3) is 0.793. The summed E-state index contributed by atoms with van der Waals surface area (Å²) in [6.45, 7) is 2.28. The minimum absolute atomic E-state index is 0.000343. The first-order valence-corrected chi connectivity index (χ1v) is 14.0. The summed E-state index contributed by atoms with van der Waals surface area (Å²) >= 11 is 0. The number of ether oxygens (including phenoxy) is 1. The lowest BCUT2D eigenvalue weighted by molar-refractivity contribution is -0.276. The fourth-order valence-electron chi connectivity index (χ4n) is 7.35. The summed E-state index contributed by atoms with van der Waals surface area (Å²) in [5, 5.41) is 0. The zero-order chi connectivity index (χ0) is 25.0. The number of halogens is 5. The molecule has 0 amide bonds. The summed E-state index contributed by atoms with van der Waals surface area (Å²) in [5.41, 5.74) is 0.463. The maximum atomic E-state index is 14.2. The van der Waals surface area contributed by atoms with E-state index in [4.69, 9.17) is 0 Å². The van der Waals surface area contributed by atoms with Gasteiger partial charge in [0.2, 0.25) is 5.75 Å². The molecule has 35 heavy (non-hydrogen) atoms. The first-order valence-electron chi connectivity index (χ1n) is 14.0. The van der Waals surface area contributed by atoms with Gasteiger partial charge >= 0.3 is 6.36 Å². The van der Waals surface area contributed by atoms with E-state index in [9.17, 15) is 22.0 Å². The summed E-state index contributed by atoms with van der Waals surface area (Å²) in [7, 11) is 0. The van der Waals surface area contributed by atoms with E-state index in [2.05, 4.69) is 11.7 Å². The first-order chi connectivity index (χ1) is 16.7. The Balaban J connectivity index is 1.23. The van der Waals surface area contributed by atoms with Crippen molar-refractivity contribution < 1.29 is 26.7 Å². The van der Waals surface area contributed by atoms with Gasteiger partial charge in [0.15, 0.2) is 11.6 Å². The topological polar surface area (TPSA) is 9.23 Å². The molecule has 0 heterocycles. The predicted molar refractivity (Wildman–Crippen MR) is 128 cm³/mol. The number of alkyl halides is 3. The van der Waals surface area contributed by atoms with Crippen LogP contribution in [0.2, 0.25) is 0 Å². The van der Waals surface area contributed by atoms with E-state index >= 15 is 0 Å². The van der Waals surface area contributed by atoms with Crippen LogP contribution in [0.1, 0.15) is 115 Å². The quantitative estimate of drug-likeness (QED) is 0.323. The second kappa shape index (κ2) is 11.8. The number of unbranched alkanes of at least 4 members (excludes halogenated alkanes) is 1. The maximum absolute atomic E-state index is 14.2. The Morgan fingerprint density at radius 3 is 1.91 bits per heavy atom. The van der Waals surface area contributed by atoms with Crippen LogP contribution in [0.15, 0.2) is 12.1 Å². The highest BCUT2D eigenvalue weighted by molar-refractivity contribution is 5.33. The molecule has 0 spiro atoms. The average molecular weight is 501 g/mol. The highest BCUT2D eigenvalue weighted by Crippen LogP contribution is 2.49. The van der Waals surface area contributed by atoms with Gasteiger partial charge in [0, 0.05) is 0 Å². The first kappa shape index (κ1) is 26.7. The number of fused-ring (bicyclic) bond motifs is 1. The van der Waals surface area contributed by atoms with Gasteiger partial charge in [0.25, 0.3) is 0 Å². The summed E-state index contributed by atoms with van der Waals surface area (Å²) in [4.78, 5) is 0. The molecule has 0 radical (unpaired) electrons. The van der Waals surface area contributed by atoms with Crippen molar-refractivity contribution in [2.24, 2.45) is 29.6 Å². The van der Waals surface area contributed by atoms with Crippen molar-refractivity contribution in [3.05, 3.63) is 29.3 Å². The van der Waals surface area contributed by atoms with Gasteiger partial charge in [-0.05, 0) is 85.3 Å². The van der Waals surface area contributed by atoms with Crippen molar-refractivity contribution in [1.29, 1.82) is 0 Å². The third kappa shape index (κ3) is 7.35. The van der Waals surface area contributed by atoms with E-state index in [1.807, 2.05) is 0 Å². The molecule has 3 aliphatic carbocycles. The van der Waals surface area contributed by atoms with Crippen molar-refractivity contribution >= 4 is 0 Å². The molecule has 1 aromatic carbocycles. The lowest BCUT2D eigenvalue weighted by atomic mass is 9.63. The Kier molecular flexibility index (Phi) is 9.02. The third-order valence-corrected chi connectivity index (χ3v) is 9.35. The van der Waals surface area contributed by atoms with E-state index in [1.54, 1.807) is 0 Å². The summed E-state index contributed by atoms with van der Waals surface area (Å²) in [6.07, 6.45) is 13.8. The standard InChI is InChI=1S/C29H41F5O/c1-2-3-4-19-5-7-20(8-6-19)9-10-21-11-12-23-16-24(14-13-22(23)15-21)25-17-26(30)28(27(31)18-25)35-29(32,33)34/h17-24H,2-16H2,1H3. The van der Waals surface area contributed by atoms with E-state index in [-0.39, 0.29) is 5.92 Å². The highest BCUT2D eigenvalue weighted by Gasteiger charge is 2.38. The van der Waals surface area contributed by atoms with Crippen LogP contribution in [-0.2, 0) is 0 Å². The molecule has 0 aliphatic heterocycles. The normalized spacial score (nSPS) is 31.7. The van der Waals surface area contributed by atoms with Crippen LogP contribution in [0.5, 0.6) is 5.75 Å².